The van der Waals surface area contributed by atoms with Crippen LogP contribution in [-0.4, -0.2) is 14.8 Å². The van der Waals surface area contributed by atoms with Crippen LogP contribution >= 0.6 is 11.6 Å². The van der Waals surface area contributed by atoms with Crippen LogP contribution in [0.2, 0.25) is 5.02 Å². The molecule has 1 amide bonds. The Labute approximate surface area is 80.6 Å². The van der Waals surface area contributed by atoms with Crippen LogP contribution in [0.15, 0.2) is 29.2 Å². The van der Waals surface area contributed by atoms with Crippen molar-refractivity contribution in [2.45, 2.75) is 4.90 Å². The van der Waals surface area contributed by atoms with Gasteiger partial charge in [-0.15, -0.1) is 0 Å². The zero-order valence-electron chi connectivity index (χ0n) is 6.40. The van der Waals surface area contributed by atoms with Gasteiger partial charge in [0.15, 0.2) is 0 Å². The Morgan fingerprint density at radius 3 is 2.46 bits per heavy atom. The highest BCUT2D eigenvalue weighted by molar-refractivity contribution is 7.90. The minimum absolute atomic E-state index is 0.0804. The first-order valence-electron chi connectivity index (χ1n) is 3.28. The van der Waals surface area contributed by atoms with E-state index in [1.807, 2.05) is 0 Å². The van der Waals surface area contributed by atoms with Crippen molar-refractivity contribution in [3.05, 3.63) is 29.3 Å². The summed E-state index contributed by atoms with van der Waals surface area (Å²) in [7, 11) is -3.79. The lowest BCUT2D eigenvalue weighted by Crippen LogP contribution is -2.21. The summed E-state index contributed by atoms with van der Waals surface area (Å²) >= 11 is 5.61. The van der Waals surface area contributed by atoms with Gasteiger partial charge in [0.1, 0.15) is 4.90 Å². The van der Waals surface area contributed by atoms with Crippen LogP contribution in [-0.2, 0) is 14.8 Å². The lowest BCUT2D eigenvalue weighted by molar-refractivity contribution is -0.108. The van der Waals surface area contributed by atoms with E-state index >= 15 is 0 Å². The lowest BCUT2D eigenvalue weighted by atomic mass is 10.4. The first-order valence-corrected chi connectivity index (χ1v) is 5.14. The molecule has 4 nitrogen and oxygen atoms in total. The van der Waals surface area contributed by atoms with E-state index in [2.05, 4.69) is 0 Å². The van der Waals surface area contributed by atoms with Crippen molar-refractivity contribution < 1.29 is 13.2 Å². The summed E-state index contributed by atoms with van der Waals surface area (Å²) in [5, 5.41) is 0.0804. The molecule has 0 aliphatic rings. The zero-order chi connectivity index (χ0) is 9.90. The topological polar surface area (TPSA) is 63.2 Å². The molecule has 0 spiro atoms. The predicted molar refractivity (Wildman–Crippen MR) is 47.8 cm³/mol. The van der Waals surface area contributed by atoms with Gasteiger partial charge in [-0.05, 0) is 12.1 Å². The molecule has 0 atom stereocenters. The average molecular weight is 220 g/mol. The summed E-state index contributed by atoms with van der Waals surface area (Å²) in [6, 6.07) is 5.86. The van der Waals surface area contributed by atoms with E-state index in [-0.39, 0.29) is 16.3 Å². The maximum atomic E-state index is 11.2. The van der Waals surface area contributed by atoms with Crippen LogP contribution in [0.5, 0.6) is 0 Å². The number of sulfonamides is 1. The smallest absolute Gasteiger partial charge is 0.265 e. The number of hydrogen-bond acceptors (Lipinski definition) is 3. The fourth-order valence-corrected chi connectivity index (χ4v) is 2.07. The SMILES string of the molecule is O=CNS(=O)(=O)c1ccccc1Cl. The van der Waals surface area contributed by atoms with Crippen molar-refractivity contribution in [3.63, 3.8) is 0 Å². The summed E-state index contributed by atoms with van der Waals surface area (Å²) < 4.78 is 24.1. The summed E-state index contributed by atoms with van der Waals surface area (Å²) in [5.74, 6) is 0. The Hall–Kier alpha value is -1.07. The van der Waals surface area contributed by atoms with Gasteiger partial charge in [0.05, 0.1) is 5.02 Å². The zero-order valence-corrected chi connectivity index (χ0v) is 7.97. The van der Waals surface area contributed by atoms with Gasteiger partial charge < -0.3 is 0 Å². The molecule has 1 aromatic rings. The molecule has 0 radical (unpaired) electrons. The van der Waals surface area contributed by atoms with Crippen molar-refractivity contribution >= 4 is 28.0 Å². The summed E-state index contributed by atoms with van der Waals surface area (Å²) in [6.45, 7) is 0. The third-order valence-corrected chi connectivity index (χ3v) is 3.11. The molecule has 0 aliphatic heterocycles. The molecule has 0 unspecified atom stereocenters. The van der Waals surface area contributed by atoms with E-state index < -0.39 is 10.0 Å². The van der Waals surface area contributed by atoms with Crippen molar-refractivity contribution in [2.75, 3.05) is 0 Å². The number of rotatable bonds is 3. The Kier molecular flexibility index (Phi) is 2.90. The van der Waals surface area contributed by atoms with Crippen molar-refractivity contribution in [1.29, 1.82) is 0 Å². The Morgan fingerprint density at radius 2 is 1.92 bits per heavy atom. The second-order valence-electron chi connectivity index (χ2n) is 2.17. The average Bonchev–Trinajstić information content (AvgIpc) is 2.04. The first kappa shape index (κ1) is 10.0. The van der Waals surface area contributed by atoms with Gasteiger partial charge in [0.25, 0.3) is 10.0 Å². The van der Waals surface area contributed by atoms with E-state index in [4.69, 9.17) is 11.6 Å². The molecule has 13 heavy (non-hydrogen) atoms. The highest BCUT2D eigenvalue weighted by Gasteiger charge is 2.15. The fourth-order valence-electron chi connectivity index (χ4n) is 0.789. The molecular weight excluding hydrogens is 214 g/mol. The molecule has 1 aromatic carbocycles. The number of halogens is 1. The standard InChI is InChI=1S/C7H6ClNO3S/c8-6-3-1-2-4-7(6)13(11,12)9-5-10/h1-5H,(H,9,10). The fraction of sp³-hybridized carbons (Fsp3) is 0. The monoisotopic (exact) mass is 219 g/mol. The number of carbonyl (C=O) groups excluding carboxylic acids is 1. The second-order valence-corrected chi connectivity index (χ2v) is 4.26. The molecule has 0 saturated carbocycles. The maximum absolute atomic E-state index is 11.2. The molecule has 0 fully saturated rings. The number of amides is 1. The first-order chi connectivity index (χ1) is 6.08. The predicted octanol–water partition coefficient (Wildman–Crippen LogP) is 0.775. The van der Waals surface area contributed by atoms with Crippen LogP contribution in [0.25, 0.3) is 0 Å². The molecule has 70 valence electrons. The van der Waals surface area contributed by atoms with Crippen LogP contribution in [0.1, 0.15) is 0 Å². The molecular formula is C7H6ClNO3S. The largest absolute Gasteiger partial charge is 0.278 e. The van der Waals surface area contributed by atoms with Gasteiger partial charge in [-0.2, -0.15) is 0 Å². The van der Waals surface area contributed by atoms with Gasteiger partial charge >= 0.3 is 0 Å². The summed E-state index contributed by atoms with van der Waals surface area (Å²) in [4.78, 5) is 9.86. The Morgan fingerprint density at radius 1 is 1.31 bits per heavy atom. The number of hydrogen-bond donors (Lipinski definition) is 1. The minimum Gasteiger partial charge on any atom is -0.278 e. The van der Waals surface area contributed by atoms with Crippen LogP contribution in [0.3, 0.4) is 0 Å². The molecule has 0 bridgehead atoms. The molecule has 0 saturated heterocycles. The third-order valence-electron chi connectivity index (χ3n) is 1.33. The highest BCUT2D eigenvalue weighted by atomic mass is 35.5. The number of carbonyl (C=O) groups is 1. The van der Waals surface area contributed by atoms with Crippen molar-refractivity contribution in [2.24, 2.45) is 0 Å². The third kappa shape index (κ3) is 2.19. The van der Waals surface area contributed by atoms with E-state index in [1.165, 1.54) is 18.2 Å². The number of benzene rings is 1. The highest BCUT2D eigenvalue weighted by Crippen LogP contribution is 2.19. The van der Waals surface area contributed by atoms with E-state index in [0.29, 0.717) is 0 Å². The van der Waals surface area contributed by atoms with E-state index in [0.717, 1.165) is 0 Å². The van der Waals surface area contributed by atoms with Gasteiger partial charge in [0.2, 0.25) is 6.41 Å². The minimum atomic E-state index is -3.79. The molecule has 6 heteroatoms. The second kappa shape index (κ2) is 3.76. The van der Waals surface area contributed by atoms with Gasteiger partial charge in [-0.3, -0.25) is 9.52 Å². The molecule has 1 N–H and O–H groups in total. The molecule has 0 heterocycles. The summed E-state index contributed by atoms with van der Waals surface area (Å²) in [6.07, 6.45) is 0.0959. The van der Waals surface area contributed by atoms with E-state index in [1.54, 1.807) is 10.8 Å². The molecule has 0 aromatic heterocycles. The van der Waals surface area contributed by atoms with Crippen molar-refractivity contribution in [3.8, 4) is 0 Å². The normalized spacial score (nSPS) is 10.8. The lowest BCUT2D eigenvalue weighted by Gasteiger charge is -2.02. The Balaban J connectivity index is 3.22. The number of nitrogens with one attached hydrogen (secondary N) is 1. The van der Waals surface area contributed by atoms with E-state index in [9.17, 15) is 13.2 Å². The van der Waals surface area contributed by atoms with Crippen LogP contribution in [0.4, 0.5) is 0 Å². The van der Waals surface area contributed by atoms with Gasteiger partial charge in [0, 0.05) is 0 Å². The van der Waals surface area contributed by atoms with Gasteiger partial charge in [-0.25, -0.2) is 8.42 Å². The Bertz CT molecular complexity index is 416. The summed E-state index contributed by atoms with van der Waals surface area (Å²) in [5.41, 5.74) is 0. The van der Waals surface area contributed by atoms with Crippen LogP contribution in [0, 0.1) is 0 Å². The molecule has 1 rings (SSSR count). The van der Waals surface area contributed by atoms with Crippen molar-refractivity contribution in [1.82, 2.24) is 4.72 Å². The molecule has 0 aliphatic carbocycles. The van der Waals surface area contributed by atoms with Crippen LogP contribution < -0.4 is 4.72 Å². The van der Waals surface area contributed by atoms with Gasteiger partial charge in [-0.1, -0.05) is 23.7 Å². The quantitative estimate of drug-likeness (QED) is 0.764. The maximum Gasteiger partial charge on any atom is 0.265 e.